The molecule has 0 bridgehead atoms. The number of benzene rings is 2. The lowest BCUT2D eigenvalue weighted by Crippen LogP contribution is -2.39. The van der Waals surface area contributed by atoms with Gasteiger partial charge >= 0.3 is 11.7 Å². The van der Waals surface area contributed by atoms with E-state index in [1.807, 2.05) is 13.0 Å². The van der Waals surface area contributed by atoms with Gasteiger partial charge in [-0.25, -0.2) is 4.98 Å². The van der Waals surface area contributed by atoms with Crippen LogP contribution in [0.15, 0.2) is 78.4 Å². The third kappa shape index (κ3) is 4.79. The molecule has 2 aromatic carbocycles. The van der Waals surface area contributed by atoms with Crippen molar-refractivity contribution in [2.24, 2.45) is 4.99 Å². The monoisotopic (exact) mass is 486 g/mol. The van der Waals surface area contributed by atoms with Crippen LogP contribution in [0, 0.1) is 24.5 Å². The van der Waals surface area contributed by atoms with Crippen LogP contribution in [-0.2, 0) is 12.6 Å². The number of hydrogen-bond acceptors (Lipinski definition) is 4. The number of fused-ring (bicyclic) bond motifs is 1. The summed E-state index contributed by atoms with van der Waals surface area (Å²) in [5.74, 6) is 5.87. The van der Waals surface area contributed by atoms with E-state index in [0.717, 1.165) is 28.9 Å². The number of imidazole rings is 1. The highest BCUT2D eigenvalue weighted by Gasteiger charge is 2.31. The van der Waals surface area contributed by atoms with Crippen molar-refractivity contribution in [2.45, 2.75) is 19.5 Å². The molecule has 3 heterocycles. The molecule has 0 amide bonds. The van der Waals surface area contributed by atoms with E-state index >= 15 is 0 Å². The minimum absolute atomic E-state index is 0.190. The molecule has 0 saturated heterocycles. The SMILES string of the molecule is Cc1ccc(C(=O)Cc2cc(-n3ccnc3)cc(C(F)(F)F)c2)cc1C#CC1=[n+]2ncccc2=NC1. The minimum Gasteiger partial charge on any atom is -0.306 e. The fourth-order valence-corrected chi connectivity index (χ4v) is 3.86. The number of hydrogen-bond donors (Lipinski definition) is 0. The number of rotatable bonds is 4. The summed E-state index contributed by atoms with van der Waals surface area (Å²) in [5.41, 5.74) is 3.07. The zero-order valence-corrected chi connectivity index (χ0v) is 19.1. The Kier molecular flexibility index (Phi) is 5.94. The predicted octanol–water partition coefficient (Wildman–Crippen LogP) is 3.37. The first-order chi connectivity index (χ1) is 17.3. The molecular weight excluding hydrogens is 467 g/mol. The molecule has 0 atom stereocenters. The maximum Gasteiger partial charge on any atom is 0.416 e. The summed E-state index contributed by atoms with van der Waals surface area (Å²) in [6.07, 6.45) is 1.36. The van der Waals surface area contributed by atoms with Crippen molar-refractivity contribution in [2.75, 3.05) is 6.54 Å². The normalized spacial score (nSPS) is 12.5. The van der Waals surface area contributed by atoms with Crippen LogP contribution < -0.4 is 9.85 Å². The molecule has 0 saturated carbocycles. The van der Waals surface area contributed by atoms with Crippen LogP contribution in [0.5, 0.6) is 0 Å². The van der Waals surface area contributed by atoms with Gasteiger partial charge in [0.25, 0.3) is 0 Å². The summed E-state index contributed by atoms with van der Waals surface area (Å²) in [6, 6.07) is 12.4. The number of carbonyl (C=O) groups excluding carboxylic acids is 1. The maximum absolute atomic E-state index is 13.5. The number of halogens is 3. The number of carbonyl (C=O) groups is 1. The first kappa shape index (κ1) is 23.2. The summed E-state index contributed by atoms with van der Waals surface area (Å²) >= 11 is 0. The van der Waals surface area contributed by atoms with E-state index in [9.17, 15) is 18.0 Å². The van der Waals surface area contributed by atoms with E-state index < -0.39 is 11.7 Å². The zero-order chi connectivity index (χ0) is 25.3. The Hall–Kier alpha value is -4.58. The molecular formula is C27H19F3N5O+. The van der Waals surface area contributed by atoms with Crippen molar-refractivity contribution in [1.82, 2.24) is 14.6 Å². The maximum atomic E-state index is 13.5. The van der Waals surface area contributed by atoms with E-state index in [-0.39, 0.29) is 23.5 Å². The van der Waals surface area contributed by atoms with Crippen LogP contribution in [0.4, 0.5) is 13.2 Å². The van der Waals surface area contributed by atoms with E-state index in [4.69, 9.17) is 0 Å². The van der Waals surface area contributed by atoms with Crippen molar-refractivity contribution >= 4 is 5.78 Å². The molecule has 0 unspecified atom stereocenters. The molecule has 4 aromatic rings. The highest BCUT2D eigenvalue weighted by molar-refractivity contribution is 5.98. The van der Waals surface area contributed by atoms with Crippen molar-refractivity contribution in [3.05, 3.63) is 112 Å². The quantitative estimate of drug-likeness (QED) is 0.252. The van der Waals surface area contributed by atoms with Gasteiger partial charge in [-0.2, -0.15) is 13.2 Å². The Bertz CT molecular complexity index is 1660. The van der Waals surface area contributed by atoms with Gasteiger partial charge in [0.2, 0.25) is 12.3 Å². The topological polar surface area (TPSA) is 66.0 Å². The minimum atomic E-state index is -4.54. The molecule has 0 spiro atoms. The molecule has 1 aliphatic rings. The van der Waals surface area contributed by atoms with Crippen LogP contribution in [0.1, 0.15) is 32.6 Å². The fourth-order valence-electron chi connectivity index (χ4n) is 3.86. The van der Waals surface area contributed by atoms with Crippen LogP contribution in [0.2, 0.25) is 0 Å². The van der Waals surface area contributed by atoms with Gasteiger partial charge in [0.05, 0.1) is 18.1 Å². The molecule has 6 nitrogen and oxygen atoms in total. The molecule has 1 aliphatic heterocycles. The Labute approximate surface area is 204 Å². The standard InChI is InChI=1S/C27H19F3N5O/c1-18-4-5-21(14-20(18)6-7-23-16-32-26-3-2-8-33-35(23)26)25(36)13-19-11-22(27(28,29)30)15-24(12-19)34-10-9-31-17-34/h2-5,8-12,14-15,17H,13,16H2,1H3/q+1. The number of ketones is 1. The lowest BCUT2D eigenvalue weighted by atomic mass is 9.97. The third-order valence-corrected chi connectivity index (χ3v) is 5.75. The fraction of sp³-hybridized carbons (Fsp3) is 0.148. The van der Waals surface area contributed by atoms with Crippen LogP contribution in [0.3, 0.4) is 0 Å². The van der Waals surface area contributed by atoms with Gasteiger partial charge in [-0.3, -0.25) is 4.79 Å². The van der Waals surface area contributed by atoms with Gasteiger partial charge in [-0.15, -0.1) is 0 Å². The van der Waals surface area contributed by atoms with Gasteiger partial charge in [-0.05, 0) is 54.3 Å². The zero-order valence-electron chi connectivity index (χ0n) is 19.1. The molecule has 2 aromatic heterocycles. The van der Waals surface area contributed by atoms with Crippen molar-refractivity contribution in [3.8, 4) is 17.5 Å². The van der Waals surface area contributed by atoms with Crippen LogP contribution in [-0.4, -0.2) is 27.0 Å². The molecule has 5 rings (SSSR count). The smallest absolute Gasteiger partial charge is 0.306 e. The highest BCUT2D eigenvalue weighted by atomic mass is 19.4. The van der Waals surface area contributed by atoms with Crippen molar-refractivity contribution in [1.29, 1.82) is 0 Å². The molecule has 36 heavy (non-hydrogen) atoms. The summed E-state index contributed by atoms with van der Waals surface area (Å²) in [5, 5.41) is 4.26. The van der Waals surface area contributed by atoms with Gasteiger partial charge in [0.1, 0.15) is 0 Å². The summed E-state index contributed by atoms with van der Waals surface area (Å²) in [4.78, 5) is 21.4. The average Bonchev–Trinajstić information content (AvgIpc) is 3.53. The molecule has 9 heteroatoms. The average molecular weight is 486 g/mol. The van der Waals surface area contributed by atoms with E-state index in [0.29, 0.717) is 17.7 Å². The first-order valence-corrected chi connectivity index (χ1v) is 11.0. The van der Waals surface area contributed by atoms with Gasteiger partial charge in [-0.1, -0.05) is 32.5 Å². The van der Waals surface area contributed by atoms with Gasteiger partial charge < -0.3 is 4.57 Å². The van der Waals surface area contributed by atoms with Crippen LogP contribution >= 0.6 is 0 Å². The first-order valence-electron chi connectivity index (χ1n) is 11.0. The van der Waals surface area contributed by atoms with Gasteiger partial charge in [0.15, 0.2) is 5.78 Å². The number of alkyl halides is 3. The Balaban J connectivity index is 1.45. The molecule has 178 valence electrons. The third-order valence-electron chi connectivity index (χ3n) is 5.75. The summed E-state index contributed by atoms with van der Waals surface area (Å²) in [6.45, 7) is 2.29. The number of Topliss-reactive ketones (excluding diaryl/α,β-unsaturated/α-hetero) is 1. The molecule has 0 aliphatic carbocycles. The lowest BCUT2D eigenvalue weighted by molar-refractivity contribution is -0.597. The second kappa shape index (κ2) is 9.23. The van der Waals surface area contributed by atoms with Crippen molar-refractivity contribution in [3.63, 3.8) is 0 Å². The molecule has 0 radical (unpaired) electrons. The number of aromatic nitrogens is 4. The lowest BCUT2D eigenvalue weighted by Gasteiger charge is -2.13. The predicted molar refractivity (Wildman–Crippen MR) is 124 cm³/mol. The number of nitrogens with zero attached hydrogens (tertiary/aromatic N) is 5. The highest BCUT2D eigenvalue weighted by Crippen LogP contribution is 2.32. The largest absolute Gasteiger partial charge is 0.416 e. The summed E-state index contributed by atoms with van der Waals surface area (Å²) in [7, 11) is 0. The molecule has 0 fully saturated rings. The number of aryl methyl sites for hydroxylation is 1. The van der Waals surface area contributed by atoms with Crippen LogP contribution in [0.25, 0.3) is 5.69 Å². The Morgan fingerprint density at radius 2 is 1.97 bits per heavy atom. The molecule has 0 N–H and O–H groups in total. The van der Waals surface area contributed by atoms with Crippen molar-refractivity contribution < 1.29 is 22.3 Å². The summed E-state index contributed by atoms with van der Waals surface area (Å²) < 4.78 is 43.7. The Morgan fingerprint density at radius 1 is 1.11 bits per heavy atom. The van der Waals surface area contributed by atoms with Gasteiger partial charge in [0, 0.05) is 41.7 Å². The second-order valence-electron chi connectivity index (χ2n) is 8.29. The Morgan fingerprint density at radius 3 is 2.75 bits per heavy atom. The second-order valence-corrected chi connectivity index (χ2v) is 8.29. The van der Waals surface area contributed by atoms with E-state index in [2.05, 4.69) is 26.9 Å². The van der Waals surface area contributed by atoms with E-state index in [1.165, 1.54) is 17.1 Å². The van der Waals surface area contributed by atoms with E-state index in [1.54, 1.807) is 47.1 Å².